The molecule has 3 N–H and O–H groups in total. The van der Waals surface area contributed by atoms with Crippen molar-refractivity contribution >= 4 is 0 Å². The van der Waals surface area contributed by atoms with E-state index in [1.54, 1.807) is 12.1 Å². The van der Waals surface area contributed by atoms with E-state index in [4.69, 9.17) is 9.84 Å². The van der Waals surface area contributed by atoms with Crippen LogP contribution >= 0.6 is 0 Å². The molecule has 0 amide bonds. The first-order valence-electron chi connectivity index (χ1n) is 5.83. The Balaban J connectivity index is 1.77. The van der Waals surface area contributed by atoms with E-state index < -0.39 is 5.60 Å². The van der Waals surface area contributed by atoms with Gasteiger partial charge in [0.1, 0.15) is 5.75 Å². The number of nitrogens with one attached hydrogen (secondary N) is 1. The standard InChI is InChI=1S/C12H18N2O3/c15-11-2-1-10(14-8-11)7-13-9-12(16)3-5-17-6-4-12/h1-2,8,13,15-16H,3-7,9H2. The van der Waals surface area contributed by atoms with Gasteiger partial charge in [-0.15, -0.1) is 0 Å². The highest BCUT2D eigenvalue weighted by Crippen LogP contribution is 2.19. The summed E-state index contributed by atoms with van der Waals surface area (Å²) in [6.07, 6.45) is 2.76. The van der Waals surface area contributed by atoms with Gasteiger partial charge in [0.05, 0.1) is 17.5 Å². The van der Waals surface area contributed by atoms with Crippen molar-refractivity contribution in [3.63, 3.8) is 0 Å². The van der Waals surface area contributed by atoms with E-state index in [0.29, 0.717) is 39.1 Å². The summed E-state index contributed by atoms with van der Waals surface area (Å²) in [7, 11) is 0. The van der Waals surface area contributed by atoms with Gasteiger partial charge in [0.25, 0.3) is 0 Å². The van der Waals surface area contributed by atoms with Crippen molar-refractivity contribution in [2.75, 3.05) is 19.8 Å². The molecule has 0 aliphatic carbocycles. The van der Waals surface area contributed by atoms with Crippen LogP contribution in [0.3, 0.4) is 0 Å². The monoisotopic (exact) mass is 238 g/mol. The normalized spacial score (nSPS) is 19.1. The van der Waals surface area contributed by atoms with E-state index in [1.807, 2.05) is 0 Å². The number of nitrogens with zero attached hydrogens (tertiary/aromatic N) is 1. The van der Waals surface area contributed by atoms with Crippen molar-refractivity contribution in [2.45, 2.75) is 25.0 Å². The van der Waals surface area contributed by atoms with Crippen LogP contribution in [0.25, 0.3) is 0 Å². The van der Waals surface area contributed by atoms with E-state index in [1.165, 1.54) is 6.20 Å². The highest BCUT2D eigenvalue weighted by atomic mass is 16.5. The third-order valence-electron chi connectivity index (χ3n) is 2.99. The molecule has 2 heterocycles. The minimum atomic E-state index is -0.658. The lowest BCUT2D eigenvalue weighted by Gasteiger charge is -2.32. The quantitative estimate of drug-likeness (QED) is 0.709. The van der Waals surface area contributed by atoms with Crippen LogP contribution in [0.5, 0.6) is 5.75 Å². The Labute approximate surface area is 100 Å². The zero-order valence-corrected chi connectivity index (χ0v) is 9.72. The molecule has 0 unspecified atom stereocenters. The predicted octanol–water partition coefficient (Wildman–Crippen LogP) is 0.418. The summed E-state index contributed by atoms with van der Waals surface area (Å²) in [6.45, 7) is 2.37. The molecule has 0 saturated carbocycles. The van der Waals surface area contributed by atoms with Gasteiger partial charge in [0.2, 0.25) is 0 Å². The molecule has 5 nitrogen and oxygen atoms in total. The van der Waals surface area contributed by atoms with Gasteiger partial charge in [-0.2, -0.15) is 0 Å². The summed E-state index contributed by atoms with van der Waals surface area (Å²) >= 11 is 0. The average Bonchev–Trinajstić information content (AvgIpc) is 2.32. The maximum Gasteiger partial charge on any atom is 0.133 e. The summed E-state index contributed by atoms with van der Waals surface area (Å²) in [6, 6.07) is 3.36. The Hall–Kier alpha value is -1.17. The summed E-state index contributed by atoms with van der Waals surface area (Å²) in [5.41, 5.74) is 0.188. The molecule has 2 rings (SSSR count). The van der Waals surface area contributed by atoms with E-state index >= 15 is 0 Å². The lowest BCUT2D eigenvalue weighted by Crippen LogP contribution is -2.44. The topological polar surface area (TPSA) is 74.6 Å². The molecule has 1 aromatic heterocycles. The molecule has 0 spiro atoms. The van der Waals surface area contributed by atoms with Crippen molar-refractivity contribution < 1.29 is 14.9 Å². The van der Waals surface area contributed by atoms with Gasteiger partial charge in [0.15, 0.2) is 0 Å². The van der Waals surface area contributed by atoms with Crippen LogP contribution in [-0.2, 0) is 11.3 Å². The van der Waals surface area contributed by atoms with Crippen LogP contribution < -0.4 is 5.32 Å². The van der Waals surface area contributed by atoms with Crippen LogP contribution in [-0.4, -0.2) is 40.6 Å². The van der Waals surface area contributed by atoms with Gasteiger partial charge in [-0.1, -0.05) is 0 Å². The van der Waals surface area contributed by atoms with E-state index in [2.05, 4.69) is 10.3 Å². The van der Waals surface area contributed by atoms with Crippen molar-refractivity contribution in [1.29, 1.82) is 0 Å². The van der Waals surface area contributed by atoms with E-state index in [0.717, 1.165) is 5.69 Å². The van der Waals surface area contributed by atoms with Gasteiger partial charge >= 0.3 is 0 Å². The zero-order valence-electron chi connectivity index (χ0n) is 9.72. The minimum absolute atomic E-state index is 0.164. The maximum absolute atomic E-state index is 10.2. The van der Waals surface area contributed by atoms with Gasteiger partial charge < -0.3 is 20.3 Å². The fourth-order valence-corrected chi connectivity index (χ4v) is 1.87. The minimum Gasteiger partial charge on any atom is -0.506 e. The van der Waals surface area contributed by atoms with Crippen molar-refractivity contribution in [2.24, 2.45) is 0 Å². The lowest BCUT2D eigenvalue weighted by atomic mass is 9.94. The van der Waals surface area contributed by atoms with Crippen LogP contribution in [0, 0.1) is 0 Å². The van der Waals surface area contributed by atoms with Gasteiger partial charge in [0, 0.05) is 39.1 Å². The molecule has 94 valence electrons. The molecule has 0 aromatic carbocycles. The molecule has 1 aromatic rings. The van der Waals surface area contributed by atoms with E-state index in [9.17, 15) is 5.11 Å². The van der Waals surface area contributed by atoms with Crippen molar-refractivity contribution in [1.82, 2.24) is 10.3 Å². The van der Waals surface area contributed by atoms with E-state index in [-0.39, 0.29) is 5.75 Å². The molecule has 0 radical (unpaired) electrons. The fourth-order valence-electron chi connectivity index (χ4n) is 1.87. The number of hydrogen-bond acceptors (Lipinski definition) is 5. The van der Waals surface area contributed by atoms with Crippen molar-refractivity contribution in [3.05, 3.63) is 24.0 Å². The van der Waals surface area contributed by atoms with Crippen LogP contribution in [0.1, 0.15) is 18.5 Å². The summed E-state index contributed by atoms with van der Waals surface area (Å²) in [5, 5.41) is 22.5. The molecule has 1 aliphatic rings. The van der Waals surface area contributed by atoms with Gasteiger partial charge in [-0.05, 0) is 12.1 Å². The Kier molecular flexibility index (Phi) is 3.93. The number of ether oxygens (including phenoxy) is 1. The molecule has 1 fully saturated rings. The number of pyridine rings is 1. The average molecular weight is 238 g/mol. The Bertz CT molecular complexity index is 347. The number of aromatic hydroxyl groups is 1. The number of aromatic nitrogens is 1. The predicted molar refractivity (Wildman–Crippen MR) is 62.6 cm³/mol. The second-order valence-corrected chi connectivity index (χ2v) is 4.45. The SMILES string of the molecule is Oc1ccc(CNCC2(O)CCOCC2)nc1. The van der Waals surface area contributed by atoms with Crippen LogP contribution in [0.4, 0.5) is 0 Å². The smallest absolute Gasteiger partial charge is 0.133 e. The Morgan fingerprint density at radius 1 is 1.35 bits per heavy atom. The first-order chi connectivity index (χ1) is 8.18. The Morgan fingerprint density at radius 2 is 2.12 bits per heavy atom. The molecule has 1 saturated heterocycles. The summed E-state index contributed by atoms with van der Waals surface area (Å²) in [4.78, 5) is 4.06. The zero-order chi connectivity index (χ0) is 12.1. The third-order valence-corrected chi connectivity index (χ3v) is 2.99. The lowest BCUT2D eigenvalue weighted by molar-refractivity contribution is -0.0617. The molecular weight excluding hydrogens is 220 g/mol. The molecule has 1 aliphatic heterocycles. The first kappa shape index (κ1) is 12.3. The summed E-state index contributed by atoms with van der Waals surface area (Å²) < 4.78 is 5.21. The number of rotatable bonds is 4. The Morgan fingerprint density at radius 3 is 2.76 bits per heavy atom. The van der Waals surface area contributed by atoms with Crippen LogP contribution in [0.15, 0.2) is 18.3 Å². The van der Waals surface area contributed by atoms with Gasteiger partial charge in [-0.3, -0.25) is 4.98 Å². The molecular formula is C12H18N2O3. The number of hydrogen-bond donors (Lipinski definition) is 3. The molecule has 0 atom stereocenters. The molecule has 17 heavy (non-hydrogen) atoms. The van der Waals surface area contributed by atoms with Crippen molar-refractivity contribution in [3.8, 4) is 5.75 Å². The second kappa shape index (κ2) is 5.44. The largest absolute Gasteiger partial charge is 0.506 e. The molecule has 5 heteroatoms. The fraction of sp³-hybridized carbons (Fsp3) is 0.583. The number of aliphatic hydroxyl groups is 1. The second-order valence-electron chi connectivity index (χ2n) is 4.45. The highest BCUT2D eigenvalue weighted by molar-refractivity contribution is 5.17. The maximum atomic E-state index is 10.2. The first-order valence-corrected chi connectivity index (χ1v) is 5.83. The molecule has 0 bridgehead atoms. The highest BCUT2D eigenvalue weighted by Gasteiger charge is 2.28. The summed E-state index contributed by atoms with van der Waals surface area (Å²) in [5.74, 6) is 0.164. The van der Waals surface area contributed by atoms with Crippen LogP contribution in [0.2, 0.25) is 0 Å². The van der Waals surface area contributed by atoms with Gasteiger partial charge in [-0.25, -0.2) is 0 Å². The third kappa shape index (κ3) is 3.66.